The van der Waals surface area contributed by atoms with Crippen LogP contribution in [-0.4, -0.2) is 37.7 Å². The lowest BCUT2D eigenvalue weighted by atomic mass is 9.67. The second-order valence-corrected chi connectivity index (χ2v) is 6.41. The Morgan fingerprint density at radius 2 is 1.65 bits per heavy atom. The average Bonchev–Trinajstić information content (AvgIpc) is 2.56. The monoisotopic (exact) mass is 273 g/mol. The highest BCUT2D eigenvalue weighted by atomic mass is 16.5. The molecule has 1 aromatic rings. The summed E-state index contributed by atoms with van der Waals surface area (Å²) in [5, 5.41) is 0. The average molecular weight is 273 g/mol. The summed E-state index contributed by atoms with van der Waals surface area (Å²) in [6.07, 6.45) is 8.29. The number of morpholine rings is 1. The molecule has 0 bridgehead atoms. The van der Waals surface area contributed by atoms with E-state index in [4.69, 9.17) is 4.74 Å². The van der Waals surface area contributed by atoms with E-state index in [0.717, 1.165) is 26.3 Å². The molecule has 1 aliphatic carbocycles. The third-order valence-electron chi connectivity index (χ3n) is 5.21. The summed E-state index contributed by atoms with van der Waals surface area (Å²) in [6.45, 7) is 5.30. The maximum absolute atomic E-state index is 5.46. The lowest BCUT2D eigenvalue weighted by Gasteiger charge is -2.40. The van der Waals surface area contributed by atoms with Crippen molar-refractivity contribution in [3.63, 3.8) is 0 Å². The molecule has 2 aliphatic rings. The molecule has 1 heterocycles. The van der Waals surface area contributed by atoms with Crippen molar-refractivity contribution in [3.8, 4) is 0 Å². The van der Waals surface area contributed by atoms with Gasteiger partial charge in [0.2, 0.25) is 0 Å². The predicted molar refractivity (Wildman–Crippen MR) is 83.1 cm³/mol. The van der Waals surface area contributed by atoms with Crippen LogP contribution in [0.1, 0.15) is 44.1 Å². The van der Waals surface area contributed by atoms with Gasteiger partial charge in [0.15, 0.2) is 0 Å². The van der Waals surface area contributed by atoms with Gasteiger partial charge < -0.3 is 4.74 Å². The lowest BCUT2D eigenvalue weighted by Crippen LogP contribution is -2.40. The number of nitrogens with zero attached hydrogens (tertiary/aromatic N) is 1. The van der Waals surface area contributed by atoms with Crippen molar-refractivity contribution in [2.75, 3.05) is 32.8 Å². The van der Waals surface area contributed by atoms with Crippen molar-refractivity contribution in [1.29, 1.82) is 0 Å². The van der Waals surface area contributed by atoms with Crippen LogP contribution in [0.2, 0.25) is 0 Å². The molecule has 110 valence electrons. The minimum Gasteiger partial charge on any atom is -0.379 e. The van der Waals surface area contributed by atoms with Crippen LogP contribution in [0.15, 0.2) is 30.3 Å². The van der Waals surface area contributed by atoms with Gasteiger partial charge >= 0.3 is 0 Å². The van der Waals surface area contributed by atoms with E-state index in [-0.39, 0.29) is 0 Å². The molecule has 1 saturated carbocycles. The molecular weight excluding hydrogens is 246 g/mol. The highest BCUT2D eigenvalue weighted by Crippen LogP contribution is 2.42. The van der Waals surface area contributed by atoms with Crippen molar-refractivity contribution in [2.45, 2.75) is 43.9 Å². The SMILES string of the molecule is c1ccc(C2(CCN3CCOCC3)CCCCC2)cc1. The van der Waals surface area contributed by atoms with E-state index >= 15 is 0 Å². The van der Waals surface area contributed by atoms with Crippen LogP contribution in [0, 0.1) is 0 Å². The Labute approximate surface area is 123 Å². The minimum absolute atomic E-state index is 0.442. The van der Waals surface area contributed by atoms with E-state index in [2.05, 4.69) is 35.2 Å². The molecule has 0 atom stereocenters. The predicted octanol–water partition coefficient (Wildman–Crippen LogP) is 3.61. The van der Waals surface area contributed by atoms with E-state index in [1.54, 1.807) is 5.56 Å². The van der Waals surface area contributed by atoms with Crippen molar-refractivity contribution in [1.82, 2.24) is 4.90 Å². The van der Waals surface area contributed by atoms with Crippen LogP contribution in [0.25, 0.3) is 0 Å². The molecule has 0 unspecified atom stereocenters. The largest absolute Gasteiger partial charge is 0.379 e. The van der Waals surface area contributed by atoms with Gasteiger partial charge in [-0.1, -0.05) is 49.6 Å². The van der Waals surface area contributed by atoms with Gasteiger partial charge in [-0.05, 0) is 36.8 Å². The van der Waals surface area contributed by atoms with Gasteiger partial charge in [-0.2, -0.15) is 0 Å². The number of ether oxygens (including phenoxy) is 1. The van der Waals surface area contributed by atoms with E-state index in [9.17, 15) is 0 Å². The van der Waals surface area contributed by atoms with Crippen molar-refractivity contribution in [3.05, 3.63) is 35.9 Å². The quantitative estimate of drug-likeness (QED) is 0.831. The Bertz CT molecular complexity index is 391. The lowest BCUT2D eigenvalue weighted by molar-refractivity contribution is 0.0329. The van der Waals surface area contributed by atoms with Crippen LogP contribution in [0.4, 0.5) is 0 Å². The Morgan fingerprint density at radius 3 is 2.35 bits per heavy atom. The standard InChI is InChI=1S/C18H27NO/c1-3-7-17(8-4-1)18(9-5-2-6-10-18)11-12-19-13-15-20-16-14-19/h1,3-4,7-8H,2,5-6,9-16H2. The smallest absolute Gasteiger partial charge is 0.0594 e. The number of benzene rings is 1. The van der Waals surface area contributed by atoms with Crippen molar-refractivity contribution >= 4 is 0 Å². The van der Waals surface area contributed by atoms with Gasteiger partial charge in [0, 0.05) is 13.1 Å². The Kier molecular flexibility index (Phi) is 4.74. The normalized spacial score (nSPS) is 23.6. The van der Waals surface area contributed by atoms with Gasteiger partial charge in [0.25, 0.3) is 0 Å². The summed E-state index contributed by atoms with van der Waals surface area (Å²) in [4.78, 5) is 2.59. The van der Waals surface area contributed by atoms with Crippen LogP contribution >= 0.6 is 0 Å². The summed E-state index contributed by atoms with van der Waals surface area (Å²) in [5.74, 6) is 0. The van der Waals surface area contributed by atoms with Crippen LogP contribution in [0.3, 0.4) is 0 Å². The third kappa shape index (κ3) is 3.24. The first-order valence-corrected chi connectivity index (χ1v) is 8.25. The van der Waals surface area contributed by atoms with Crippen LogP contribution in [-0.2, 0) is 10.2 Å². The molecule has 1 aromatic carbocycles. The number of hydrogen-bond acceptors (Lipinski definition) is 2. The Balaban J connectivity index is 1.69. The molecule has 0 N–H and O–H groups in total. The molecule has 2 fully saturated rings. The van der Waals surface area contributed by atoms with Crippen LogP contribution in [0.5, 0.6) is 0 Å². The third-order valence-corrected chi connectivity index (χ3v) is 5.21. The molecule has 3 rings (SSSR count). The zero-order valence-corrected chi connectivity index (χ0v) is 12.5. The molecule has 2 heteroatoms. The fourth-order valence-electron chi connectivity index (χ4n) is 3.90. The zero-order chi connectivity index (χ0) is 13.7. The summed E-state index contributed by atoms with van der Waals surface area (Å²) in [6, 6.07) is 11.3. The topological polar surface area (TPSA) is 12.5 Å². The molecule has 20 heavy (non-hydrogen) atoms. The highest BCUT2D eigenvalue weighted by molar-refractivity contribution is 5.26. The van der Waals surface area contributed by atoms with Gasteiger partial charge in [0.1, 0.15) is 0 Å². The minimum atomic E-state index is 0.442. The Hall–Kier alpha value is -0.860. The van der Waals surface area contributed by atoms with E-state index in [0.29, 0.717) is 5.41 Å². The van der Waals surface area contributed by atoms with E-state index in [1.807, 2.05) is 0 Å². The summed E-state index contributed by atoms with van der Waals surface area (Å²) >= 11 is 0. The van der Waals surface area contributed by atoms with Crippen LogP contribution < -0.4 is 0 Å². The van der Waals surface area contributed by atoms with E-state index in [1.165, 1.54) is 45.1 Å². The van der Waals surface area contributed by atoms with Crippen molar-refractivity contribution < 1.29 is 4.74 Å². The van der Waals surface area contributed by atoms with Crippen molar-refractivity contribution in [2.24, 2.45) is 0 Å². The maximum atomic E-state index is 5.46. The van der Waals surface area contributed by atoms with Gasteiger partial charge in [-0.3, -0.25) is 4.90 Å². The molecule has 0 radical (unpaired) electrons. The van der Waals surface area contributed by atoms with Gasteiger partial charge in [-0.15, -0.1) is 0 Å². The molecule has 0 spiro atoms. The first-order valence-electron chi connectivity index (χ1n) is 8.25. The Morgan fingerprint density at radius 1 is 0.950 bits per heavy atom. The molecule has 2 nitrogen and oxygen atoms in total. The highest BCUT2D eigenvalue weighted by Gasteiger charge is 2.33. The fourth-order valence-corrected chi connectivity index (χ4v) is 3.90. The molecular formula is C18H27NO. The van der Waals surface area contributed by atoms with Gasteiger partial charge in [-0.25, -0.2) is 0 Å². The number of rotatable bonds is 4. The molecule has 1 aliphatic heterocycles. The van der Waals surface area contributed by atoms with Gasteiger partial charge in [0.05, 0.1) is 13.2 Å². The maximum Gasteiger partial charge on any atom is 0.0594 e. The van der Waals surface area contributed by atoms with E-state index < -0.39 is 0 Å². The number of hydrogen-bond donors (Lipinski definition) is 0. The summed E-state index contributed by atoms with van der Waals surface area (Å²) in [5.41, 5.74) is 2.02. The summed E-state index contributed by atoms with van der Waals surface area (Å²) in [7, 11) is 0. The summed E-state index contributed by atoms with van der Waals surface area (Å²) < 4.78 is 5.46. The molecule has 1 saturated heterocycles. The first kappa shape index (κ1) is 14.1. The second kappa shape index (κ2) is 6.73. The first-order chi connectivity index (χ1) is 9.89. The molecule has 0 aromatic heterocycles. The molecule has 0 amide bonds. The zero-order valence-electron chi connectivity index (χ0n) is 12.5. The fraction of sp³-hybridized carbons (Fsp3) is 0.667. The second-order valence-electron chi connectivity index (χ2n) is 6.41.